The molecule has 0 aromatic carbocycles. The lowest BCUT2D eigenvalue weighted by atomic mass is 9.67. The van der Waals surface area contributed by atoms with Crippen molar-refractivity contribution in [3.8, 4) is 0 Å². The number of rotatable bonds is 1. The predicted octanol–water partition coefficient (Wildman–Crippen LogP) is 2.95. The Bertz CT molecular complexity index is 437. The molecule has 0 heterocycles. The Morgan fingerprint density at radius 1 is 1.33 bits per heavy atom. The van der Waals surface area contributed by atoms with Crippen LogP contribution in [0.3, 0.4) is 0 Å². The maximum absolute atomic E-state index is 12.5. The van der Waals surface area contributed by atoms with E-state index in [0.29, 0.717) is 0 Å². The molecule has 0 bridgehead atoms. The lowest BCUT2D eigenvalue weighted by molar-refractivity contribution is -0.163. The van der Waals surface area contributed by atoms with E-state index in [0.717, 1.165) is 31.3 Å². The van der Waals surface area contributed by atoms with Crippen LogP contribution in [-0.4, -0.2) is 17.4 Å². The van der Waals surface area contributed by atoms with Gasteiger partial charge in [0, 0.05) is 0 Å². The summed E-state index contributed by atoms with van der Waals surface area (Å²) in [7, 11) is 0. The molecule has 0 aromatic rings. The number of ketones is 1. The zero-order valence-corrected chi connectivity index (χ0v) is 11.3. The van der Waals surface area contributed by atoms with Crippen LogP contribution in [0.2, 0.25) is 0 Å². The Morgan fingerprint density at radius 2 is 2.06 bits per heavy atom. The fourth-order valence-electron chi connectivity index (χ4n) is 2.61. The van der Waals surface area contributed by atoms with E-state index in [1.807, 2.05) is 20.8 Å². The van der Waals surface area contributed by atoms with Crippen molar-refractivity contribution in [2.45, 2.75) is 52.1 Å². The van der Waals surface area contributed by atoms with Crippen LogP contribution in [0.5, 0.6) is 0 Å². The summed E-state index contributed by atoms with van der Waals surface area (Å²) in [5, 5.41) is 0. The minimum atomic E-state index is -0.681. The lowest BCUT2D eigenvalue weighted by Gasteiger charge is -2.38. The second-order valence-electron chi connectivity index (χ2n) is 6.09. The molecule has 0 spiro atoms. The second kappa shape index (κ2) is 4.38. The molecule has 1 unspecified atom stereocenters. The van der Waals surface area contributed by atoms with E-state index in [1.54, 1.807) is 12.2 Å². The van der Waals surface area contributed by atoms with Crippen LogP contribution in [0.4, 0.5) is 0 Å². The highest BCUT2D eigenvalue weighted by atomic mass is 16.6. The average Bonchev–Trinajstić information content (AvgIpc) is 2.26. The Hall–Kier alpha value is -1.38. The van der Waals surface area contributed by atoms with Gasteiger partial charge in [0.1, 0.15) is 11.0 Å². The zero-order valence-electron chi connectivity index (χ0n) is 11.3. The molecule has 0 amide bonds. The summed E-state index contributed by atoms with van der Waals surface area (Å²) >= 11 is 0. The lowest BCUT2D eigenvalue weighted by Crippen LogP contribution is -2.40. The second-order valence-corrected chi connectivity index (χ2v) is 6.09. The number of esters is 1. The van der Waals surface area contributed by atoms with Crippen LogP contribution in [-0.2, 0) is 14.3 Å². The Balaban J connectivity index is 2.32. The van der Waals surface area contributed by atoms with Gasteiger partial charge in [0.05, 0.1) is 0 Å². The van der Waals surface area contributed by atoms with Gasteiger partial charge < -0.3 is 4.74 Å². The maximum atomic E-state index is 12.5. The van der Waals surface area contributed by atoms with E-state index in [2.05, 4.69) is 0 Å². The highest BCUT2D eigenvalue weighted by Crippen LogP contribution is 2.45. The van der Waals surface area contributed by atoms with E-state index in [9.17, 15) is 9.59 Å². The number of allylic oxidation sites excluding steroid dienone is 2. The fraction of sp³-hybridized carbons (Fsp3) is 0.600. The van der Waals surface area contributed by atoms with Crippen molar-refractivity contribution in [1.29, 1.82) is 0 Å². The summed E-state index contributed by atoms with van der Waals surface area (Å²) < 4.78 is 5.53. The van der Waals surface area contributed by atoms with Crippen LogP contribution in [0, 0.1) is 5.41 Å². The van der Waals surface area contributed by atoms with Crippen molar-refractivity contribution in [3.05, 3.63) is 23.8 Å². The SMILES string of the molecule is CC(C)(C)OC(=O)C12C=CC(=O)C=C1CCCC2. The van der Waals surface area contributed by atoms with Crippen molar-refractivity contribution in [2.75, 3.05) is 0 Å². The van der Waals surface area contributed by atoms with E-state index in [-0.39, 0.29) is 11.8 Å². The van der Waals surface area contributed by atoms with Gasteiger partial charge in [-0.15, -0.1) is 0 Å². The molecule has 98 valence electrons. The third kappa shape index (κ3) is 2.40. The summed E-state index contributed by atoms with van der Waals surface area (Å²) in [6.45, 7) is 5.60. The fourth-order valence-corrected chi connectivity index (χ4v) is 2.61. The first-order valence-electron chi connectivity index (χ1n) is 6.51. The summed E-state index contributed by atoms with van der Waals surface area (Å²) in [5.74, 6) is -0.240. The predicted molar refractivity (Wildman–Crippen MR) is 69.0 cm³/mol. The summed E-state index contributed by atoms with van der Waals surface area (Å²) in [6, 6.07) is 0. The molecule has 1 atom stereocenters. The molecule has 0 saturated heterocycles. The van der Waals surface area contributed by atoms with Gasteiger partial charge >= 0.3 is 5.97 Å². The van der Waals surface area contributed by atoms with Gasteiger partial charge in [-0.3, -0.25) is 9.59 Å². The van der Waals surface area contributed by atoms with Gasteiger partial charge in [0.2, 0.25) is 0 Å². The van der Waals surface area contributed by atoms with Crippen molar-refractivity contribution in [1.82, 2.24) is 0 Å². The highest BCUT2D eigenvalue weighted by molar-refractivity contribution is 6.03. The molecule has 0 aliphatic heterocycles. The summed E-state index contributed by atoms with van der Waals surface area (Å²) in [4.78, 5) is 23.9. The molecule has 18 heavy (non-hydrogen) atoms. The normalized spacial score (nSPS) is 27.5. The smallest absolute Gasteiger partial charge is 0.320 e. The van der Waals surface area contributed by atoms with E-state index in [4.69, 9.17) is 4.74 Å². The molecule has 0 aromatic heterocycles. The number of fused-ring (bicyclic) bond motifs is 1. The molecule has 2 rings (SSSR count). The topological polar surface area (TPSA) is 43.4 Å². The molecule has 0 N–H and O–H groups in total. The average molecular weight is 248 g/mol. The number of carbonyl (C=O) groups excluding carboxylic acids is 2. The summed E-state index contributed by atoms with van der Waals surface area (Å²) in [5.41, 5.74) is -0.251. The third-order valence-electron chi connectivity index (χ3n) is 3.45. The zero-order chi connectivity index (χ0) is 13.4. The Labute approximate surface area is 108 Å². The van der Waals surface area contributed by atoms with Gasteiger partial charge in [0.25, 0.3) is 0 Å². The van der Waals surface area contributed by atoms with Crippen LogP contribution < -0.4 is 0 Å². The van der Waals surface area contributed by atoms with Crippen molar-refractivity contribution in [3.63, 3.8) is 0 Å². The van der Waals surface area contributed by atoms with Crippen LogP contribution in [0.1, 0.15) is 46.5 Å². The largest absolute Gasteiger partial charge is 0.459 e. The van der Waals surface area contributed by atoms with Gasteiger partial charge in [-0.2, -0.15) is 0 Å². The first kappa shape index (κ1) is 13.1. The molecular weight excluding hydrogens is 228 g/mol. The molecule has 2 aliphatic carbocycles. The number of hydrogen-bond acceptors (Lipinski definition) is 3. The van der Waals surface area contributed by atoms with Gasteiger partial charge in [-0.25, -0.2) is 0 Å². The Morgan fingerprint density at radius 3 is 2.72 bits per heavy atom. The highest BCUT2D eigenvalue weighted by Gasteiger charge is 2.45. The van der Waals surface area contributed by atoms with Crippen LogP contribution >= 0.6 is 0 Å². The van der Waals surface area contributed by atoms with Crippen LogP contribution in [0.25, 0.3) is 0 Å². The van der Waals surface area contributed by atoms with Gasteiger partial charge in [0.15, 0.2) is 5.78 Å². The number of hydrogen-bond donors (Lipinski definition) is 0. The van der Waals surface area contributed by atoms with E-state index >= 15 is 0 Å². The molecular formula is C15H20O3. The first-order chi connectivity index (χ1) is 8.33. The quantitative estimate of drug-likeness (QED) is 0.670. The van der Waals surface area contributed by atoms with Crippen molar-refractivity contribution in [2.24, 2.45) is 5.41 Å². The maximum Gasteiger partial charge on any atom is 0.320 e. The summed E-state index contributed by atoms with van der Waals surface area (Å²) in [6.07, 6.45) is 8.46. The standard InChI is InChI=1S/C15H20O3/c1-14(2,3)18-13(17)15-8-5-4-6-11(15)10-12(16)7-9-15/h7,9-10H,4-6,8H2,1-3H3. The molecule has 3 nitrogen and oxygen atoms in total. The number of carbonyl (C=O) groups is 2. The van der Waals surface area contributed by atoms with Crippen LogP contribution in [0.15, 0.2) is 23.8 Å². The molecule has 1 saturated carbocycles. The first-order valence-corrected chi connectivity index (χ1v) is 6.51. The molecule has 3 heteroatoms. The number of ether oxygens (including phenoxy) is 1. The molecule has 0 radical (unpaired) electrons. The Kier molecular flexibility index (Phi) is 3.18. The third-order valence-corrected chi connectivity index (χ3v) is 3.45. The van der Waals surface area contributed by atoms with E-state index in [1.165, 1.54) is 6.08 Å². The molecule has 2 aliphatic rings. The van der Waals surface area contributed by atoms with Gasteiger partial charge in [-0.1, -0.05) is 12.5 Å². The van der Waals surface area contributed by atoms with E-state index < -0.39 is 11.0 Å². The van der Waals surface area contributed by atoms with Crippen molar-refractivity contribution >= 4 is 11.8 Å². The monoisotopic (exact) mass is 248 g/mol. The minimum Gasteiger partial charge on any atom is -0.459 e. The van der Waals surface area contributed by atoms with Gasteiger partial charge in [-0.05, 0) is 57.8 Å². The van der Waals surface area contributed by atoms with Crippen molar-refractivity contribution < 1.29 is 14.3 Å². The minimum absolute atomic E-state index is 0.0221. The molecule has 1 fully saturated rings.